The Bertz CT molecular complexity index is 937. The number of hydrogen-bond donors (Lipinski definition) is 0. The summed E-state index contributed by atoms with van der Waals surface area (Å²) < 4.78 is 3.15. The highest BCUT2D eigenvalue weighted by Gasteiger charge is 2.19. The van der Waals surface area contributed by atoms with E-state index < -0.39 is 0 Å². The number of fused-ring (bicyclic) bond motifs is 1. The molecular weight excluding hydrogens is 306 g/mol. The fraction of sp³-hybridized carbons (Fsp3) is 0.375. The monoisotopic (exact) mass is 325 g/mol. The molecule has 8 heteroatoms. The van der Waals surface area contributed by atoms with Gasteiger partial charge in [0.05, 0.1) is 23.5 Å². The third-order valence-electron chi connectivity index (χ3n) is 4.48. The second-order valence-electron chi connectivity index (χ2n) is 6.05. The second-order valence-corrected chi connectivity index (χ2v) is 6.05. The van der Waals surface area contributed by atoms with Crippen molar-refractivity contribution in [3.63, 3.8) is 0 Å². The Morgan fingerprint density at radius 3 is 2.42 bits per heavy atom. The number of rotatable bonds is 2. The topological polar surface area (TPSA) is 72.1 Å². The summed E-state index contributed by atoms with van der Waals surface area (Å²) in [5.74, 6) is 0.892. The number of hydrogen-bond acceptors (Lipinski definition) is 6. The number of aryl methyl sites for hydroxylation is 2. The maximum absolute atomic E-state index is 12.0. The number of piperazine rings is 1. The van der Waals surface area contributed by atoms with Gasteiger partial charge in [0.25, 0.3) is 5.56 Å². The molecule has 1 aliphatic rings. The van der Waals surface area contributed by atoms with Crippen LogP contribution in [0.25, 0.3) is 10.8 Å². The first-order chi connectivity index (χ1) is 11.6. The van der Waals surface area contributed by atoms with Gasteiger partial charge in [-0.2, -0.15) is 10.2 Å². The van der Waals surface area contributed by atoms with Gasteiger partial charge >= 0.3 is 0 Å². The van der Waals surface area contributed by atoms with E-state index in [1.165, 1.54) is 4.68 Å². The Morgan fingerprint density at radius 2 is 1.71 bits per heavy atom. The van der Waals surface area contributed by atoms with Crippen LogP contribution in [0.2, 0.25) is 0 Å². The van der Waals surface area contributed by atoms with Gasteiger partial charge in [0, 0.05) is 58.1 Å². The second kappa shape index (κ2) is 5.63. The van der Waals surface area contributed by atoms with E-state index in [0.717, 1.165) is 43.1 Å². The lowest BCUT2D eigenvalue weighted by Crippen LogP contribution is -2.46. The molecule has 24 heavy (non-hydrogen) atoms. The van der Waals surface area contributed by atoms with Crippen LogP contribution >= 0.6 is 0 Å². The third kappa shape index (κ3) is 2.49. The molecule has 0 bridgehead atoms. The van der Waals surface area contributed by atoms with Gasteiger partial charge in [-0.05, 0) is 6.07 Å². The molecule has 0 saturated carbocycles. The quantitative estimate of drug-likeness (QED) is 0.679. The standard InChI is InChI=1S/C16H19N7O/c1-20-11-13(9-18-20)22-3-5-23(6-4-22)15-7-12-8-19-21(2)16(24)14(12)10-17-15/h7-11H,3-6H2,1-2H3. The molecule has 0 radical (unpaired) electrons. The minimum atomic E-state index is -0.118. The minimum absolute atomic E-state index is 0.118. The lowest BCUT2D eigenvalue weighted by atomic mass is 10.2. The first-order valence-corrected chi connectivity index (χ1v) is 7.92. The lowest BCUT2D eigenvalue weighted by Gasteiger charge is -2.36. The van der Waals surface area contributed by atoms with Gasteiger partial charge < -0.3 is 9.80 Å². The van der Waals surface area contributed by atoms with Crippen LogP contribution in [0, 0.1) is 0 Å². The molecule has 1 saturated heterocycles. The first kappa shape index (κ1) is 14.7. The van der Waals surface area contributed by atoms with Crippen LogP contribution in [0.5, 0.6) is 0 Å². The minimum Gasteiger partial charge on any atom is -0.365 e. The van der Waals surface area contributed by atoms with E-state index in [1.54, 1.807) is 19.4 Å². The molecule has 0 spiro atoms. The molecule has 8 nitrogen and oxygen atoms in total. The summed E-state index contributed by atoms with van der Waals surface area (Å²) in [6.45, 7) is 3.60. The molecule has 0 aromatic carbocycles. The van der Waals surface area contributed by atoms with Crippen molar-refractivity contribution in [2.24, 2.45) is 14.1 Å². The summed E-state index contributed by atoms with van der Waals surface area (Å²) in [4.78, 5) is 21.1. The van der Waals surface area contributed by atoms with Crippen molar-refractivity contribution < 1.29 is 0 Å². The average molecular weight is 325 g/mol. The van der Waals surface area contributed by atoms with Crippen molar-refractivity contribution in [2.75, 3.05) is 36.0 Å². The largest absolute Gasteiger partial charge is 0.365 e. The Kier molecular flexibility index (Phi) is 3.44. The van der Waals surface area contributed by atoms with Crippen molar-refractivity contribution in [3.05, 3.63) is 41.2 Å². The van der Waals surface area contributed by atoms with Crippen LogP contribution in [0.1, 0.15) is 0 Å². The third-order valence-corrected chi connectivity index (χ3v) is 4.48. The van der Waals surface area contributed by atoms with Crippen LogP contribution in [-0.4, -0.2) is 50.7 Å². The predicted octanol–water partition coefficient (Wildman–Crippen LogP) is 0.389. The van der Waals surface area contributed by atoms with E-state index in [2.05, 4.69) is 25.0 Å². The Balaban J connectivity index is 1.54. The van der Waals surface area contributed by atoms with E-state index in [0.29, 0.717) is 5.39 Å². The molecule has 0 N–H and O–H groups in total. The van der Waals surface area contributed by atoms with Gasteiger partial charge in [0.1, 0.15) is 5.82 Å². The summed E-state index contributed by atoms with van der Waals surface area (Å²) in [6.07, 6.45) is 7.30. The zero-order valence-electron chi connectivity index (χ0n) is 13.8. The molecule has 4 heterocycles. The Hall–Kier alpha value is -2.90. The smallest absolute Gasteiger partial charge is 0.275 e. The Labute approximate surface area is 138 Å². The van der Waals surface area contributed by atoms with E-state index in [-0.39, 0.29) is 5.56 Å². The summed E-state index contributed by atoms with van der Waals surface area (Å²) in [7, 11) is 3.57. The number of nitrogens with zero attached hydrogens (tertiary/aromatic N) is 7. The van der Waals surface area contributed by atoms with Crippen LogP contribution in [-0.2, 0) is 14.1 Å². The van der Waals surface area contributed by atoms with Crippen LogP contribution < -0.4 is 15.4 Å². The molecule has 0 unspecified atom stereocenters. The summed E-state index contributed by atoms with van der Waals surface area (Å²) >= 11 is 0. The van der Waals surface area contributed by atoms with Crippen LogP contribution in [0.4, 0.5) is 11.5 Å². The zero-order valence-corrected chi connectivity index (χ0v) is 13.8. The van der Waals surface area contributed by atoms with Crippen molar-refractivity contribution in [3.8, 4) is 0 Å². The first-order valence-electron chi connectivity index (χ1n) is 7.92. The molecule has 3 aromatic rings. The normalized spacial score (nSPS) is 15.2. The fourth-order valence-corrected chi connectivity index (χ4v) is 3.06. The summed E-state index contributed by atoms with van der Waals surface area (Å²) in [6, 6.07) is 1.95. The molecule has 0 aliphatic carbocycles. The van der Waals surface area contributed by atoms with Gasteiger partial charge in [-0.3, -0.25) is 9.48 Å². The number of anilines is 2. The molecule has 4 rings (SSSR count). The van der Waals surface area contributed by atoms with Gasteiger partial charge in [-0.1, -0.05) is 0 Å². The van der Waals surface area contributed by atoms with E-state index >= 15 is 0 Å². The number of pyridine rings is 1. The van der Waals surface area contributed by atoms with Crippen LogP contribution in [0.3, 0.4) is 0 Å². The molecule has 3 aromatic heterocycles. The Morgan fingerprint density at radius 1 is 0.958 bits per heavy atom. The average Bonchev–Trinajstić information content (AvgIpc) is 3.04. The van der Waals surface area contributed by atoms with Crippen molar-refractivity contribution in [1.82, 2.24) is 24.5 Å². The molecule has 0 atom stereocenters. The fourth-order valence-electron chi connectivity index (χ4n) is 3.06. The molecule has 1 aliphatic heterocycles. The summed E-state index contributed by atoms with van der Waals surface area (Å²) in [5.41, 5.74) is 1.03. The molecule has 124 valence electrons. The van der Waals surface area contributed by atoms with Crippen molar-refractivity contribution in [1.29, 1.82) is 0 Å². The number of aromatic nitrogens is 5. The molecular formula is C16H19N7O. The van der Waals surface area contributed by atoms with Gasteiger partial charge in [-0.25, -0.2) is 9.67 Å². The highest BCUT2D eigenvalue weighted by molar-refractivity contribution is 5.82. The van der Waals surface area contributed by atoms with Gasteiger partial charge in [0.2, 0.25) is 0 Å². The molecule has 0 amide bonds. The zero-order chi connectivity index (χ0) is 16.7. The molecule has 1 fully saturated rings. The highest BCUT2D eigenvalue weighted by Crippen LogP contribution is 2.20. The SMILES string of the molecule is Cn1cc(N2CCN(c3cc4cnn(C)c(=O)c4cn3)CC2)cn1. The van der Waals surface area contributed by atoms with Crippen molar-refractivity contribution >= 4 is 22.3 Å². The lowest BCUT2D eigenvalue weighted by molar-refractivity contribution is 0.647. The van der Waals surface area contributed by atoms with E-state index in [1.807, 2.05) is 30.2 Å². The van der Waals surface area contributed by atoms with Crippen molar-refractivity contribution in [2.45, 2.75) is 0 Å². The summed E-state index contributed by atoms with van der Waals surface area (Å²) in [5, 5.41) is 9.75. The van der Waals surface area contributed by atoms with E-state index in [4.69, 9.17) is 0 Å². The van der Waals surface area contributed by atoms with Gasteiger partial charge in [0.15, 0.2) is 0 Å². The maximum Gasteiger partial charge on any atom is 0.275 e. The maximum atomic E-state index is 12.0. The van der Waals surface area contributed by atoms with E-state index in [9.17, 15) is 4.79 Å². The predicted molar refractivity (Wildman–Crippen MR) is 92.4 cm³/mol. The van der Waals surface area contributed by atoms with Gasteiger partial charge in [-0.15, -0.1) is 0 Å². The van der Waals surface area contributed by atoms with Crippen LogP contribution in [0.15, 0.2) is 35.6 Å². The highest BCUT2D eigenvalue weighted by atomic mass is 16.1.